The second-order valence-corrected chi connectivity index (χ2v) is 8.03. The first kappa shape index (κ1) is 22.9. The maximum atomic E-state index is 12.4. The molecule has 174 valence electrons. The molecule has 0 bridgehead atoms. The first-order chi connectivity index (χ1) is 16.3. The quantitative estimate of drug-likeness (QED) is 0.396. The molecular weight excluding hydrogens is 432 g/mol. The van der Waals surface area contributed by atoms with Crippen LogP contribution in [0.2, 0.25) is 0 Å². The summed E-state index contributed by atoms with van der Waals surface area (Å²) in [6, 6.07) is 11.6. The number of aryl methyl sites for hydroxylation is 4. The SMILES string of the molecule is C#CCOc1c(C)c(-c2ccc(OCc3c(C)cccc3-n3nnn(C)c3=O)c(C)c2)nn1C. The molecule has 0 atom stereocenters. The summed E-state index contributed by atoms with van der Waals surface area (Å²) in [5, 5.41) is 12.4. The highest BCUT2D eigenvalue weighted by Crippen LogP contribution is 2.32. The fourth-order valence-electron chi connectivity index (χ4n) is 3.85. The number of aromatic nitrogens is 6. The van der Waals surface area contributed by atoms with Crippen LogP contribution in [-0.2, 0) is 20.7 Å². The van der Waals surface area contributed by atoms with E-state index in [0.29, 0.717) is 11.6 Å². The van der Waals surface area contributed by atoms with Crippen LogP contribution in [0.3, 0.4) is 0 Å². The Labute approximate surface area is 197 Å². The van der Waals surface area contributed by atoms with Gasteiger partial charge in [0.15, 0.2) is 6.61 Å². The second kappa shape index (κ2) is 9.27. The lowest BCUT2D eigenvalue weighted by molar-refractivity contribution is 0.302. The van der Waals surface area contributed by atoms with Gasteiger partial charge in [-0.05, 0) is 66.6 Å². The summed E-state index contributed by atoms with van der Waals surface area (Å²) in [4.78, 5) is 12.4. The van der Waals surface area contributed by atoms with Crippen molar-refractivity contribution >= 4 is 0 Å². The van der Waals surface area contributed by atoms with Crippen molar-refractivity contribution in [1.82, 2.24) is 29.6 Å². The molecule has 9 nitrogen and oxygen atoms in total. The van der Waals surface area contributed by atoms with Gasteiger partial charge < -0.3 is 9.47 Å². The van der Waals surface area contributed by atoms with Crippen LogP contribution in [0.5, 0.6) is 11.6 Å². The third-order valence-corrected chi connectivity index (χ3v) is 5.67. The van der Waals surface area contributed by atoms with Crippen molar-refractivity contribution in [2.24, 2.45) is 14.1 Å². The Kier molecular flexibility index (Phi) is 6.23. The summed E-state index contributed by atoms with van der Waals surface area (Å²) in [6.45, 7) is 6.38. The van der Waals surface area contributed by atoms with Crippen LogP contribution in [-0.4, -0.2) is 36.2 Å². The van der Waals surface area contributed by atoms with Crippen LogP contribution < -0.4 is 15.2 Å². The van der Waals surface area contributed by atoms with Crippen molar-refractivity contribution in [1.29, 1.82) is 0 Å². The maximum Gasteiger partial charge on any atom is 0.368 e. The molecule has 0 saturated heterocycles. The highest BCUT2D eigenvalue weighted by molar-refractivity contribution is 5.67. The zero-order valence-corrected chi connectivity index (χ0v) is 19.9. The van der Waals surface area contributed by atoms with Gasteiger partial charge in [-0.1, -0.05) is 18.1 Å². The average molecular weight is 459 g/mol. The minimum atomic E-state index is -0.316. The largest absolute Gasteiger partial charge is 0.489 e. The monoisotopic (exact) mass is 458 g/mol. The van der Waals surface area contributed by atoms with Gasteiger partial charge in [0.1, 0.15) is 12.4 Å². The van der Waals surface area contributed by atoms with Gasteiger partial charge in [-0.25, -0.2) is 9.48 Å². The van der Waals surface area contributed by atoms with E-state index in [2.05, 4.69) is 21.4 Å². The Morgan fingerprint density at radius 2 is 1.79 bits per heavy atom. The molecule has 4 rings (SSSR count). The van der Waals surface area contributed by atoms with E-state index >= 15 is 0 Å². The van der Waals surface area contributed by atoms with Crippen LogP contribution in [0.1, 0.15) is 22.3 Å². The molecule has 2 heterocycles. The van der Waals surface area contributed by atoms with Gasteiger partial charge in [0.2, 0.25) is 5.88 Å². The minimum Gasteiger partial charge on any atom is -0.489 e. The number of ether oxygens (including phenoxy) is 2. The van der Waals surface area contributed by atoms with Gasteiger partial charge in [-0.2, -0.15) is 14.5 Å². The molecule has 0 aliphatic carbocycles. The van der Waals surface area contributed by atoms with Crippen molar-refractivity contribution in [3.8, 4) is 40.9 Å². The molecule has 0 radical (unpaired) electrons. The standard InChI is InChI=1S/C25H26N6O3/c1-7-13-33-24-18(4)23(26-29(24)5)19-11-12-22(17(3)14-19)34-15-20-16(2)9-8-10-21(20)31-25(32)30(6)27-28-31/h1,8-12,14H,13,15H2,2-6H3. The van der Waals surface area contributed by atoms with Gasteiger partial charge in [0.05, 0.1) is 11.4 Å². The van der Waals surface area contributed by atoms with Crippen LogP contribution in [0, 0.1) is 33.1 Å². The molecule has 2 aromatic carbocycles. The molecule has 9 heteroatoms. The van der Waals surface area contributed by atoms with Crippen LogP contribution >= 0.6 is 0 Å². The second-order valence-electron chi connectivity index (χ2n) is 8.03. The van der Waals surface area contributed by atoms with E-state index in [1.807, 2.05) is 64.2 Å². The summed E-state index contributed by atoms with van der Waals surface area (Å²) in [5.41, 5.74) is 5.85. The lowest BCUT2D eigenvalue weighted by atomic mass is 10.0. The van der Waals surface area contributed by atoms with Gasteiger partial charge in [0, 0.05) is 30.8 Å². The van der Waals surface area contributed by atoms with Crippen LogP contribution in [0.15, 0.2) is 41.2 Å². The van der Waals surface area contributed by atoms with Crippen LogP contribution in [0.25, 0.3) is 16.9 Å². The van der Waals surface area contributed by atoms with Crippen LogP contribution in [0.4, 0.5) is 0 Å². The number of nitrogens with zero attached hydrogens (tertiary/aromatic N) is 6. The summed E-state index contributed by atoms with van der Waals surface area (Å²) >= 11 is 0. The fraction of sp³-hybridized carbons (Fsp3) is 0.280. The number of rotatable bonds is 7. The molecule has 0 unspecified atom stereocenters. The summed E-state index contributed by atoms with van der Waals surface area (Å²) in [5.74, 6) is 3.87. The van der Waals surface area contributed by atoms with E-state index in [-0.39, 0.29) is 18.9 Å². The number of benzene rings is 2. The third-order valence-electron chi connectivity index (χ3n) is 5.67. The highest BCUT2D eigenvalue weighted by atomic mass is 16.5. The van der Waals surface area contributed by atoms with E-state index in [1.165, 1.54) is 9.36 Å². The van der Waals surface area contributed by atoms with Crippen molar-refractivity contribution < 1.29 is 9.47 Å². The smallest absolute Gasteiger partial charge is 0.368 e. The fourth-order valence-corrected chi connectivity index (χ4v) is 3.85. The predicted molar refractivity (Wildman–Crippen MR) is 128 cm³/mol. The molecule has 0 spiro atoms. The number of tetrazole rings is 1. The molecule has 2 aromatic heterocycles. The van der Waals surface area contributed by atoms with E-state index in [1.54, 1.807) is 11.7 Å². The summed E-state index contributed by atoms with van der Waals surface area (Å²) < 4.78 is 16.0. The van der Waals surface area contributed by atoms with E-state index < -0.39 is 0 Å². The van der Waals surface area contributed by atoms with Gasteiger partial charge in [0.25, 0.3) is 0 Å². The normalized spacial score (nSPS) is 10.8. The molecule has 0 aliphatic rings. The lowest BCUT2D eigenvalue weighted by Crippen LogP contribution is -2.23. The Bertz CT molecular complexity index is 1450. The third kappa shape index (κ3) is 4.18. The highest BCUT2D eigenvalue weighted by Gasteiger charge is 2.17. The average Bonchev–Trinajstić information content (AvgIpc) is 3.29. The topological polar surface area (TPSA) is 89.0 Å². The van der Waals surface area contributed by atoms with E-state index in [0.717, 1.165) is 39.3 Å². The number of hydrogen-bond acceptors (Lipinski definition) is 6. The van der Waals surface area contributed by atoms with Gasteiger partial charge >= 0.3 is 5.69 Å². The van der Waals surface area contributed by atoms with E-state index in [4.69, 9.17) is 15.9 Å². The molecule has 0 fully saturated rings. The molecule has 0 saturated carbocycles. The van der Waals surface area contributed by atoms with E-state index in [9.17, 15) is 4.79 Å². The Morgan fingerprint density at radius 3 is 2.47 bits per heavy atom. The molecule has 0 N–H and O–H groups in total. The first-order valence-corrected chi connectivity index (χ1v) is 10.7. The predicted octanol–water partition coefficient (Wildman–Crippen LogP) is 2.88. The van der Waals surface area contributed by atoms with Crippen molar-refractivity contribution in [2.45, 2.75) is 27.4 Å². The Morgan fingerprint density at radius 1 is 1.00 bits per heavy atom. The molecule has 0 amide bonds. The first-order valence-electron chi connectivity index (χ1n) is 10.7. The zero-order chi connectivity index (χ0) is 24.4. The summed E-state index contributed by atoms with van der Waals surface area (Å²) in [7, 11) is 3.39. The number of hydrogen-bond donors (Lipinski definition) is 0. The van der Waals surface area contributed by atoms with Gasteiger partial charge in [-0.15, -0.1) is 6.42 Å². The van der Waals surface area contributed by atoms with Crippen molar-refractivity contribution in [2.75, 3.05) is 6.61 Å². The lowest BCUT2D eigenvalue weighted by Gasteiger charge is -2.14. The van der Waals surface area contributed by atoms with Crippen molar-refractivity contribution in [3.05, 3.63) is 69.1 Å². The Balaban J connectivity index is 1.60. The molecule has 34 heavy (non-hydrogen) atoms. The zero-order valence-electron chi connectivity index (χ0n) is 19.9. The molecular formula is C25H26N6O3. The number of terminal acetylenes is 1. The molecule has 0 aliphatic heterocycles. The Hall–Kier alpha value is -4.32. The maximum absolute atomic E-state index is 12.4. The summed E-state index contributed by atoms with van der Waals surface area (Å²) in [6.07, 6.45) is 5.32. The minimum absolute atomic E-state index is 0.188. The van der Waals surface area contributed by atoms with Gasteiger partial charge in [-0.3, -0.25) is 0 Å². The van der Waals surface area contributed by atoms with Crippen molar-refractivity contribution in [3.63, 3.8) is 0 Å². The molecule has 4 aromatic rings.